The molecule has 0 aliphatic rings. The molecular formula is C8H16O3S. The molecule has 3 nitrogen and oxygen atoms in total. The summed E-state index contributed by atoms with van der Waals surface area (Å²) in [6, 6.07) is 0. The molecule has 0 saturated heterocycles. The average Bonchev–Trinajstić information content (AvgIpc) is 2.00. The third-order valence-corrected chi connectivity index (χ3v) is 3.26. The lowest BCUT2D eigenvalue weighted by Gasteiger charge is -2.00. The first-order valence-corrected chi connectivity index (χ1v) is 6.06. The molecule has 12 heavy (non-hydrogen) atoms. The Bertz CT molecular complexity index is 229. The zero-order valence-corrected chi connectivity index (χ0v) is 8.49. The van der Waals surface area contributed by atoms with Crippen LogP contribution >= 0.6 is 0 Å². The molecule has 0 aromatic heterocycles. The lowest BCUT2D eigenvalue weighted by atomic mass is 10.4. The predicted molar refractivity (Wildman–Crippen MR) is 48.9 cm³/mol. The van der Waals surface area contributed by atoms with E-state index in [2.05, 4.69) is 0 Å². The number of rotatable bonds is 6. The van der Waals surface area contributed by atoms with Gasteiger partial charge in [-0.2, -0.15) is 0 Å². The van der Waals surface area contributed by atoms with Crippen molar-refractivity contribution in [3.63, 3.8) is 0 Å². The Morgan fingerprint density at radius 1 is 1.25 bits per heavy atom. The fourth-order valence-corrected chi connectivity index (χ4v) is 2.35. The van der Waals surface area contributed by atoms with Gasteiger partial charge in [0.15, 0.2) is 9.84 Å². The molecule has 0 aromatic rings. The number of ketones is 1. The van der Waals surface area contributed by atoms with Crippen LogP contribution in [0.4, 0.5) is 0 Å². The molecule has 0 saturated carbocycles. The Hall–Kier alpha value is -0.380. The van der Waals surface area contributed by atoms with Gasteiger partial charge in [0.1, 0.15) is 11.5 Å². The molecule has 0 unspecified atom stereocenters. The van der Waals surface area contributed by atoms with Crippen LogP contribution in [0.15, 0.2) is 0 Å². The van der Waals surface area contributed by atoms with E-state index < -0.39 is 9.84 Å². The lowest BCUT2D eigenvalue weighted by Crippen LogP contribution is -2.18. The molecule has 0 rings (SSSR count). The molecule has 72 valence electrons. The van der Waals surface area contributed by atoms with E-state index in [0.717, 1.165) is 6.42 Å². The van der Waals surface area contributed by atoms with Crippen LogP contribution in [-0.4, -0.2) is 25.7 Å². The van der Waals surface area contributed by atoms with Crippen LogP contribution in [0, 0.1) is 0 Å². The van der Waals surface area contributed by atoms with Gasteiger partial charge in [-0.3, -0.25) is 4.79 Å². The van der Waals surface area contributed by atoms with Crippen molar-refractivity contribution in [2.75, 3.05) is 11.5 Å². The van der Waals surface area contributed by atoms with E-state index in [0.29, 0.717) is 12.8 Å². The van der Waals surface area contributed by atoms with Gasteiger partial charge in [-0.25, -0.2) is 8.42 Å². The Labute approximate surface area is 74.1 Å². The number of hydrogen-bond acceptors (Lipinski definition) is 3. The van der Waals surface area contributed by atoms with Crippen LogP contribution in [0.25, 0.3) is 0 Å². The Morgan fingerprint density at radius 3 is 2.25 bits per heavy atom. The first-order valence-electron chi connectivity index (χ1n) is 4.24. The normalized spacial score (nSPS) is 11.5. The van der Waals surface area contributed by atoms with Crippen molar-refractivity contribution in [3.8, 4) is 0 Å². The SMILES string of the molecule is CCCCS(=O)(=O)CC(=O)CC. The van der Waals surface area contributed by atoms with Gasteiger partial charge >= 0.3 is 0 Å². The van der Waals surface area contributed by atoms with Crippen molar-refractivity contribution in [2.24, 2.45) is 0 Å². The topological polar surface area (TPSA) is 51.2 Å². The number of unbranched alkanes of at least 4 members (excludes halogenated alkanes) is 1. The third kappa shape index (κ3) is 5.29. The van der Waals surface area contributed by atoms with Gasteiger partial charge in [0.05, 0.1) is 5.75 Å². The molecule has 0 heterocycles. The number of Topliss-reactive ketones (excluding diaryl/α,β-unsaturated/α-hetero) is 1. The van der Waals surface area contributed by atoms with Gasteiger partial charge in [-0.15, -0.1) is 0 Å². The molecule has 0 spiro atoms. The summed E-state index contributed by atoms with van der Waals surface area (Å²) >= 11 is 0. The minimum atomic E-state index is -3.10. The quantitative estimate of drug-likeness (QED) is 0.635. The minimum Gasteiger partial charge on any atom is -0.299 e. The molecule has 0 N–H and O–H groups in total. The van der Waals surface area contributed by atoms with E-state index in [1.54, 1.807) is 6.92 Å². The molecule has 0 radical (unpaired) electrons. The van der Waals surface area contributed by atoms with Gasteiger partial charge < -0.3 is 0 Å². The molecule has 0 bridgehead atoms. The van der Waals surface area contributed by atoms with Gasteiger partial charge in [0, 0.05) is 6.42 Å². The van der Waals surface area contributed by atoms with Crippen LogP contribution in [-0.2, 0) is 14.6 Å². The summed E-state index contributed by atoms with van der Waals surface area (Å²) in [5.74, 6) is -0.315. The van der Waals surface area contributed by atoms with Gasteiger partial charge in [0.25, 0.3) is 0 Å². The largest absolute Gasteiger partial charge is 0.299 e. The highest BCUT2D eigenvalue weighted by atomic mass is 32.2. The van der Waals surface area contributed by atoms with E-state index in [1.165, 1.54) is 0 Å². The van der Waals surface area contributed by atoms with E-state index in [9.17, 15) is 13.2 Å². The molecule has 0 amide bonds. The highest BCUT2D eigenvalue weighted by Crippen LogP contribution is 1.98. The second-order valence-corrected chi connectivity index (χ2v) is 5.02. The van der Waals surface area contributed by atoms with Crippen molar-refractivity contribution in [1.82, 2.24) is 0 Å². The predicted octanol–water partition coefficient (Wildman–Crippen LogP) is 1.18. The Morgan fingerprint density at radius 2 is 1.83 bits per heavy atom. The van der Waals surface area contributed by atoms with Crippen molar-refractivity contribution in [2.45, 2.75) is 33.1 Å². The van der Waals surface area contributed by atoms with Crippen molar-refractivity contribution in [3.05, 3.63) is 0 Å². The van der Waals surface area contributed by atoms with E-state index >= 15 is 0 Å². The summed E-state index contributed by atoms with van der Waals surface area (Å²) < 4.78 is 22.3. The smallest absolute Gasteiger partial charge is 0.157 e. The van der Waals surface area contributed by atoms with Crippen LogP contribution in [0.3, 0.4) is 0 Å². The van der Waals surface area contributed by atoms with Crippen LogP contribution in [0.5, 0.6) is 0 Å². The highest BCUT2D eigenvalue weighted by Gasteiger charge is 2.13. The maximum Gasteiger partial charge on any atom is 0.157 e. The maximum atomic E-state index is 11.1. The number of hydrogen-bond donors (Lipinski definition) is 0. The van der Waals surface area contributed by atoms with Gasteiger partial charge in [0.2, 0.25) is 0 Å². The molecule has 0 aliphatic heterocycles. The van der Waals surface area contributed by atoms with Crippen LogP contribution in [0.1, 0.15) is 33.1 Å². The molecule has 0 fully saturated rings. The third-order valence-electron chi connectivity index (χ3n) is 1.58. The van der Waals surface area contributed by atoms with E-state index in [1.807, 2.05) is 6.92 Å². The number of carbonyl (C=O) groups is 1. The molecule has 0 aliphatic carbocycles. The maximum absolute atomic E-state index is 11.1. The molecule has 4 heteroatoms. The summed E-state index contributed by atoms with van der Waals surface area (Å²) in [6.45, 7) is 3.61. The Kier molecular flexibility index (Phi) is 5.13. The first kappa shape index (κ1) is 11.6. The zero-order chi connectivity index (χ0) is 9.61. The summed E-state index contributed by atoms with van der Waals surface area (Å²) in [5.41, 5.74) is 0. The fourth-order valence-electron chi connectivity index (χ4n) is 0.784. The second-order valence-electron chi connectivity index (χ2n) is 2.84. The second kappa shape index (κ2) is 5.30. The first-order chi connectivity index (χ1) is 5.52. The minimum absolute atomic E-state index is 0.148. The molecule has 0 aromatic carbocycles. The fraction of sp³-hybridized carbons (Fsp3) is 0.875. The highest BCUT2D eigenvalue weighted by molar-refractivity contribution is 7.92. The molecule has 0 atom stereocenters. The van der Waals surface area contributed by atoms with Gasteiger partial charge in [-0.05, 0) is 6.42 Å². The standard InChI is InChI=1S/C8H16O3S/c1-3-5-6-12(10,11)7-8(9)4-2/h3-7H2,1-2H3. The van der Waals surface area contributed by atoms with Crippen LogP contribution in [0.2, 0.25) is 0 Å². The monoisotopic (exact) mass is 192 g/mol. The van der Waals surface area contributed by atoms with Crippen molar-refractivity contribution >= 4 is 15.6 Å². The summed E-state index contributed by atoms with van der Waals surface area (Å²) in [5, 5.41) is 0. The summed E-state index contributed by atoms with van der Waals surface area (Å²) in [7, 11) is -3.10. The number of sulfone groups is 1. The van der Waals surface area contributed by atoms with E-state index in [4.69, 9.17) is 0 Å². The Balaban J connectivity index is 3.96. The summed E-state index contributed by atoms with van der Waals surface area (Å²) in [4.78, 5) is 10.8. The lowest BCUT2D eigenvalue weighted by molar-refractivity contribution is -0.116. The molecular weight excluding hydrogens is 176 g/mol. The van der Waals surface area contributed by atoms with Crippen molar-refractivity contribution < 1.29 is 13.2 Å². The zero-order valence-electron chi connectivity index (χ0n) is 7.67. The van der Waals surface area contributed by atoms with Crippen molar-refractivity contribution in [1.29, 1.82) is 0 Å². The van der Waals surface area contributed by atoms with E-state index in [-0.39, 0.29) is 17.3 Å². The average molecular weight is 192 g/mol. The van der Waals surface area contributed by atoms with Gasteiger partial charge in [-0.1, -0.05) is 20.3 Å². The van der Waals surface area contributed by atoms with Crippen LogP contribution < -0.4 is 0 Å². The number of carbonyl (C=O) groups excluding carboxylic acids is 1. The summed E-state index contributed by atoms with van der Waals surface area (Å²) in [6.07, 6.45) is 1.81.